The highest BCUT2D eigenvalue weighted by Gasteiger charge is 2.37. The summed E-state index contributed by atoms with van der Waals surface area (Å²) in [6, 6.07) is 6.45. The number of hydrogen-bond acceptors (Lipinski definition) is 2. The van der Waals surface area contributed by atoms with Crippen LogP contribution in [0.25, 0.3) is 0 Å². The fourth-order valence-electron chi connectivity index (χ4n) is 3.28. The highest BCUT2D eigenvalue weighted by molar-refractivity contribution is 6.31. The lowest BCUT2D eigenvalue weighted by Gasteiger charge is -2.27. The van der Waals surface area contributed by atoms with Crippen LogP contribution in [-0.4, -0.2) is 23.3 Å². The summed E-state index contributed by atoms with van der Waals surface area (Å²) in [6.45, 7) is 2.15. The Morgan fingerprint density at radius 2 is 2.28 bits per heavy atom. The van der Waals surface area contributed by atoms with Crippen LogP contribution in [-0.2, 0) is 6.54 Å². The Balaban J connectivity index is 1.75. The third-order valence-electron chi connectivity index (χ3n) is 4.26. The molecular weight excluding hydrogens is 246 g/mol. The summed E-state index contributed by atoms with van der Waals surface area (Å²) in [4.78, 5) is 2.54. The number of nitrogens with zero attached hydrogens (tertiary/aromatic N) is 1. The standard InChI is InChI=1S/C14H18ClN3/c15-13-6-10(14(16)17)2-3-11(13)8-18-7-9-1-4-12(18)5-9/h2-3,6,9,12H,1,4-5,7-8H2,(H3,16,17). The van der Waals surface area contributed by atoms with Gasteiger partial charge < -0.3 is 5.73 Å². The van der Waals surface area contributed by atoms with E-state index in [9.17, 15) is 0 Å². The Kier molecular flexibility index (Phi) is 3.04. The minimum Gasteiger partial charge on any atom is -0.384 e. The van der Waals surface area contributed by atoms with Crippen molar-refractivity contribution in [2.45, 2.75) is 31.8 Å². The van der Waals surface area contributed by atoms with Crippen molar-refractivity contribution in [2.24, 2.45) is 11.7 Å². The Bertz CT molecular complexity index is 486. The van der Waals surface area contributed by atoms with Gasteiger partial charge in [0.05, 0.1) is 0 Å². The van der Waals surface area contributed by atoms with E-state index in [0.717, 1.165) is 29.1 Å². The molecule has 2 atom stereocenters. The van der Waals surface area contributed by atoms with Crippen LogP contribution in [0.15, 0.2) is 18.2 Å². The van der Waals surface area contributed by atoms with E-state index in [1.165, 1.54) is 25.8 Å². The summed E-state index contributed by atoms with van der Waals surface area (Å²) < 4.78 is 0. The average molecular weight is 264 g/mol. The van der Waals surface area contributed by atoms with Crippen molar-refractivity contribution in [3.05, 3.63) is 34.3 Å². The van der Waals surface area contributed by atoms with E-state index >= 15 is 0 Å². The van der Waals surface area contributed by atoms with Crippen LogP contribution in [0.1, 0.15) is 30.4 Å². The first-order valence-corrected chi connectivity index (χ1v) is 6.88. The van der Waals surface area contributed by atoms with Crippen molar-refractivity contribution < 1.29 is 0 Å². The fourth-order valence-corrected chi connectivity index (χ4v) is 3.52. The number of likely N-dealkylation sites (tertiary alicyclic amines) is 1. The van der Waals surface area contributed by atoms with Gasteiger partial charge in [-0.15, -0.1) is 0 Å². The second kappa shape index (κ2) is 4.56. The molecule has 0 radical (unpaired) electrons. The molecule has 2 bridgehead atoms. The third-order valence-corrected chi connectivity index (χ3v) is 4.61. The molecule has 2 unspecified atom stereocenters. The number of nitrogens with one attached hydrogen (secondary N) is 1. The molecule has 2 fully saturated rings. The topological polar surface area (TPSA) is 53.1 Å². The van der Waals surface area contributed by atoms with Gasteiger partial charge in [0.1, 0.15) is 5.84 Å². The number of halogens is 1. The second-order valence-corrected chi connectivity index (χ2v) is 5.89. The summed E-state index contributed by atoms with van der Waals surface area (Å²) >= 11 is 6.28. The molecule has 1 aliphatic heterocycles. The largest absolute Gasteiger partial charge is 0.384 e. The first-order valence-electron chi connectivity index (χ1n) is 6.50. The normalized spacial score (nSPS) is 26.7. The summed E-state index contributed by atoms with van der Waals surface area (Å²) in [5.74, 6) is 0.981. The predicted octanol–water partition coefficient (Wildman–Crippen LogP) is 2.61. The monoisotopic (exact) mass is 263 g/mol. The Morgan fingerprint density at radius 3 is 2.83 bits per heavy atom. The highest BCUT2D eigenvalue weighted by atomic mass is 35.5. The van der Waals surface area contributed by atoms with E-state index in [0.29, 0.717) is 5.56 Å². The number of nitrogen functional groups attached to an aromatic ring is 1. The molecule has 0 spiro atoms. The first kappa shape index (κ1) is 12.0. The van der Waals surface area contributed by atoms with Crippen LogP contribution >= 0.6 is 11.6 Å². The zero-order chi connectivity index (χ0) is 12.7. The van der Waals surface area contributed by atoms with E-state index in [1.54, 1.807) is 6.07 Å². The Labute approximate surface area is 112 Å². The summed E-state index contributed by atoms with van der Waals surface area (Å²) in [5.41, 5.74) is 7.31. The lowest BCUT2D eigenvalue weighted by atomic mass is 10.1. The molecule has 1 saturated heterocycles. The lowest BCUT2D eigenvalue weighted by molar-refractivity contribution is 0.205. The molecule has 3 rings (SSSR count). The van der Waals surface area contributed by atoms with Crippen molar-refractivity contribution in [3.8, 4) is 0 Å². The van der Waals surface area contributed by atoms with Crippen molar-refractivity contribution >= 4 is 17.4 Å². The molecule has 96 valence electrons. The summed E-state index contributed by atoms with van der Waals surface area (Å²) in [5, 5.41) is 8.13. The van der Waals surface area contributed by atoms with E-state index < -0.39 is 0 Å². The van der Waals surface area contributed by atoms with Gasteiger partial charge in [-0.25, -0.2) is 0 Å². The van der Waals surface area contributed by atoms with E-state index in [4.69, 9.17) is 22.7 Å². The van der Waals surface area contributed by atoms with Crippen molar-refractivity contribution in [2.75, 3.05) is 6.54 Å². The fraction of sp³-hybridized carbons (Fsp3) is 0.500. The van der Waals surface area contributed by atoms with Gasteiger partial charge in [0, 0.05) is 29.7 Å². The molecule has 3 N–H and O–H groups in total. The molecule has 1 heterocycles. The minimum atomic E-state index is 0.0729. The van der Waals surface area contributed by atoms with Crippen LogP contribution in [0.5, 0.6) is 0 Å². The van der Waals surface area contributed by atoms with Crippen LogP contribution in [0, 0.1) is 11.3 Å². The quantitative estimate of drug-likeness (QED) is 0.651. The maximum atomic E-state index is 7.40. The van der Waals surface area contributed by atoms with Crippen LogP contribution in [0.3, 0.4) is 0 Å². The van der Waals surface area contributed by atoms with Gasteiger partial charge in [-0.2, -0.15) is 0 Å². The summed E-state index contributed by atoms with van der Waals surface area (Å²) in [7, 11) is 0. The molecular formula is C14H18ClN3. The van der Waals surface area contributed by atoms with Gasteiger partial charge in [0.25, 0.3) is 0 Å². The van der Waals surface area contributed by atoms with Gasteiger partial charge in [-0.05, 0) is 36.8 Å². The lowest BCUT2D eigenvalue weighted by Crippen LogP contribution is -2.31. The first-order chi connectivity index (χ1) is 8.63. The van der Waals surface area contributed by atoms with Crippen LogP contribution in [0.4, 0.5) is 0 Å². The molecule has 1 saturated carbocycles. The van der Waals surface area contributed by atoms with Gasteiger partial charge in [-0.3, -0.25) is 10.3 Å². The average Bonchev–Trinajstić information content (AvgIpc) is 2.93. The smallest absolute Gasteiger partial charge is 0.122 e. The second-order valence-electron chi connectivity index (χ2n) is 5.48. The van der Waals surface area contributed by atoms with Gasteiger partial charge >= 0.3 is 0 Å². The Morgan fingerprint density at radius 1 is 1.44 bits per heavy atom. The van der Waals surface area contributed by atoms with Crippen molar-refractivity contribution in [3.63, 3.8) is 0 Å². The zero-order valence-corrected chi connectivity index (χ0v) is 11.1. The number of fused-ring (bicyclic) bond motifs is 2. The van der Waals surface area contributed by atoms with Gasteiger partial charge in [0.15, 0.2) is 0 Å². The third kappa shape index (κ3) is 2.13. The molecule has 4 heteroatoms. The number of nitrogens with two attached hydrogens (primary N) is 1. The van der Waals surface area contributed by atoms with E-state index in [2.05, 4.69) is 4.90 Å². The number of piperidine rings is 1. The molecule has 1 aliphatic carbocycles. The minimum absolute atomic E-state index is 0.0729. The number of benzene rings is 1. The summed E-state index contributed by atoms with van der Waals surface area (Å²) in [6.07, 6.45) is 4.11. The molecule has 0 aromatic heterocycles. The maximum absolute atomic E-state index is 7.40. The molecule has 0 amide bonds. The van der Waals surface area contributed by atoms with E-state index in [-0.39, 0.29) is 5.84 Å². The van der Waals surface area contributed by atoms with Crippen molar-refractivity contribution in [1.29, 1.82) is 5.41 Å². The molecule has 2 aliphatic rings. The molecule has 1 aromatic rings. The molecule has 3 nitrogen and oxygen atoms in total. The van der Waals surface area contributed by atoms with E-state index in [1.807, 2.05) is 12.1 Å². The van der Waals surface area contributed by atoms with Crippen LogP contribution < -0.4 is 5.73 Å². The number of hydrogen-bond donors (Lipinski definition) is 2. The number of amidine groups is 1. The maximum Gasteiger partial charge on any atom is 0.122 e. The molecule has 1 aromatic carbocycles. The van der Waals surface area contributed by atoms with Gasteiger partial charge in [0.2, 0.25) is 0 Å². The highest BCUT2D eigenvalue weighted by Crippen LogP contribution is 2.38. The van der Waals surface area contributed by atoms with Crippen LogP contribution in [0.2, 0.25) is 5.02 Å². The SMILES string of the molecule is N=C(N)c1ccc(CN2CC3CCC2C3)c(Cl)c1. The molecule has 18 heavy (non-hydrogen) atoms. The Hall–Kier alpha value is -1.06. The predicted molar refractivity (Wildman–Crippen MR) is 74.0 cm³/mol. The number of rotatable bonds is 3. The van der Waals surface area contributed by atoms with Gasteiger partial charge in [-0.1, -0.05) is 23.7 Å². The van der Waals surface area contributed by atoms with Crippen molar-refractivity contribution in [1.82, 2.24) is 4.90 Å². The zero-order valence-electron chi connectivity index (χ0n) is 10.3.